The second-order valence-corrected chi connectivity index (χ2v) is 2.32. The van der Waals surface area contributed by atoms with Crippen molar-refractivity contribution < 1.29 is 9.15 Å². The second-order valence-electron chi connectivity index (χ2n) is 2.32. The van der Waals surface area contributed by atoms with Crippen molar-refractivity contribution >= 4 is 11.0 Å². The van der Waals surface area contributed by atoms with Crippen molar-refractivity contribution in [2.45, 2.75) is 0 Å². The maximum Gasteiger partial charge on any atom is 0.137 e. The molecule has 1 aromatic carbocycles. The van der Waals surface area contributed by atoms with Gasteiger partial charge in [0.1, 0.15) is 11.3 Å². The lowest BCUT2D eigenvalue weighted by Gasteiger charge is -1.96. The third-order valence-corrected chi connectivity index (χ3v) is 1.66. The van der Waals surface area contributed by atoms with Crippen LogP contribution in [-0.2, 0) is 0 Å². The molecule has 1 aromatic heterocycles. The van der Waals surface area contributed by atoms with Gasteiger partial charge in [-0.15, -0.1) is 0 Å². The summed E-state index contributed by atoms with van der Waals surface area (Å²) in [5.41, 5.74) is 0.865. The summed E-state index contributed by atoms with van der Waals surface area (Å²) in [6.45, 7) is 0. The molecule has 0 bridgehead atoms. The van der Waals surface area contributed by atoms with Crippen molar-refractivity contribution in [3.05, 3.63) is 30.5 Å². The van der Waals surface area contributed by atoms with Gasteiger partial charge in [0.05, 0.1) is 13.4 Å². The Morgan fingerprint density at radius 1 is 1.27 bits per heavy atom. The Balaban J connectivity index is 2.67. The minimum atomic E-state index is 0.826. The van der Waals surface area contributed by atoms with E-state index >= 15 is 0 Å². The van der Waals surface area contributed by atoms with Crippen molar-refractivity contribution in [2.75, 3.05) is 7.11 Å². The Morgan fingerprint density at radius 3 is 3.00 bits per heavy atom. The molecular formula is C9H8O2. The molecule has 0 radical (unpaired) electrons. The summed E-state index contributed by atoms with van der Waals surface area (Å²) in [6, 6.07) is 7.68. The molecule has 11 heavy (non-hydrogen) atoms. The zero-order chi connectivity index (χ0) is 7.68. The summed E-state index contributed by atoms with van der Waals surface area (Å²) in [4.78, 5) is 0. The predicted molar refractivity (Wildman–Crippen MR) is 42.8 cm³/mol. The Hall–Kier alpha value is -1.44. The lowest BCUT2D eigenvalue weighted by atomic mass is 10.2. The lowest BCUT2D eigenvalue weighted by Crippen LogP contribution is -1.79. The molecule has 0 amide bonds. The molecule has 56 valence electrons. The molecule has 0 saturated heterocycles. The number of furan rings is 1. The van der Waals surface area contributed by atoms with Crippen LogP contribution in [0.2, 0.25) is 0 Å². The van der Waals surface area contributed by atoms with Gasteiger partial charge in [-0.2, -0.15) is 0 Å². The second kappa shape index (κ2) is 2.31. The first-order valence-corrected chi connectivity index (χ1v) is 3.41. The maximum absolute atomic E-state index is 5.18. The minimum absolute atomic E-state index is 0.826. The van der Waals surface area contributed by atoms with E-state index in [0.717, 1.165) is 16.7 Å². The van der Waals surface area contributed by atoms with Crippen molar-refractivity contribution in [3.63, 3.8) is 0 Å². The molecule has 0 unspecified atom stereocenters. The molecule has 0 spiro atoms. The average molecular weight is 148 g/mol. The zero-order valence-corrected chi connectivity index (χ0v) is 6.20. The molecule has 0 aliphatic carbocycles. The smallest absolute Gasteiger partial charge is 0.137 e. The fourth-order valence-corrected chi connectivity index (χ4v) is 1.06. The quantitative estimate of drug-likeness (QED) is 0.619. The highest BCUT2D eigenvalue weighted by atomic mass is 16.5. The van der Waals surface area contributed by atoms with Gasteiger partial charge in [-0.3, -0.25) is 0 Å². The highest BCUT2D eigenvalue weighted by Crippen LogP contribution is 2.20. The molecule has 0 fully saturated rings. The van der Waals surface area contributed by atoms with Gasteiger partial charge in [0.25, 0.3) is 0 Å². The summed E-state index contributed by atoms with van der Waals surface area (Å²) in [7, 11) is 1.64. The average Bonchev–Trinajstić information content (AvgIpc) is 2.50. The SMILES string of the molecule is COc1ccc2ccoc2c1. The maximum atomic E-state index is 5.18. The Bertz CT molecular complexity index is 362. The van der Waals surface area contributed by atoms with E-state index in [2.05, 4.69) is 0 Å². The van der Waals surface area contributed by atoms with E-state index in [1.165, 1.54) is 0 Å². The number of rotatable bonds is 1. The van der Waals surface area contributed by atoms with Crippen LogP contribution in [0.15, 0.2) is 34.9 Å². The van der Waals surface area contributed by atoms with Crippen molar-refractivity contribution in [1.82, 2.24) is 0 Å². The van der Waals surface area contributed by atoms with Gasteiger partial charge in [-0.25, -0.2) is 0 Å². The number of hydrogen-bond acceptors (Lipinski definition) is 2. The molecule has 2 nitrogen and oxygen atoms in total. The van der Waals surface area contributed by atoms with E-state index in [4.69, 9.17) is 9.15 Å². The van der Waals surface area contributed by atoms with Gasteiger partial charge in [0.2, 0.25) is 0 Å². The fraction of sp³-hybridized carbons (Fsp3) is 0.111. The normalized spacial score (nSPS) is 10.3. The minimum Gasteiger partial charge on any atom is -0.497 e. The molecule has 2 rings (SSSR count). The van der Waals surface area contributed by atoms with Gasteiger partial charge in [0, 0.05) is 11.5 Å². The first-order chi connectivity index (χ1) is 5.40. The van der Waals surface area contributed by atoms with Crippen LogP contribution < -0.4 is 4.74 Å². The first-order valence-electron chi connectivity index (χ1n) is 3.41. The first kappa shape index (κ1) is 6.28. The molecule has 2 heteroatoms. The number of benzene rings is 1. The highest BCUT2D eigenvalue weighted by molar-refractivity contribution is 5.78. The molecule has 2 aromatic rings. The standard InChI is InChI=1S/C9H8O2/c1-10-8-3-2-7-4-5-11-9(7)6-8/h2-6H,1H3. The van der Waals surface area contributed by atoms with Crippen molar-refractivity contribution in [2.24, 2.45) is 0 Å². The monoisotopic (exact) mass is 148 g/mol. The Morgan fingerprint density at radius 2 is 2.18 bits per heavy atom. The van der Waals surface area contributed by atoms with Crippen LogP contribution in [0.3, 0.4) is 0 Å². The summed E-state index contributed by atoms with van der Waals surface area (Å²) in [5.74, 6) is 0.826. The van der Waals surface area contributed by atoms with Gasteiger partial charge in [-0.05, 0) is 18.2 Å². The van der Waals surface area contributed by atoms with Crippen molar-refractivity contribution in [1.29, 1.82) is 0 Å². The fourth-order valence-electron chi connectivity index (χ4n) is 1.06. The van der Waals surface area contributed by atoms with E-state index in [1.807, 2.05) is 24.3 Å². The van der Waals surface area contributed by atoms with Crippen LogP contribution in [0.25, 0.3) is 11.0 Å². The Labute approximate surface area is 64.4 Å². The van der Waals surface area contributed by atoms with Gasteiger partial charge < -0.3 is 9.15 Å². The summed E-state index contributed by atoms with van der Waals surface area (Å²) in [6.07, 6.45) is 1.67. The summed E-state index contributed by atoms with van der Waals surface area (Å²) in [5, 5.41) is 1.10. The van der Waals surface area contributed by atoms with Crippen LogP contribution in [0.4, 0.5) is 0 Å². The number of methoxy groups -OCH3 is 1. The third kappa shape index (κ3) is 0.963. The largest absolute Gasteiger partial charge is 0.497 e. The third-order valence-electron chi connectivity index (χ3n) is 1.66. The van der Waals surface area contributed by atoms with E-state index in [9.17, 15) is 0 Å². The van der Waals surface area contributed by atoms with Crippen LogP contribution in [0.5, 0.6) is 5.75 Å². The van der Waals surface area contributed by atoms with Crippen molar-refractivity contribution in [3.8, 4) is 5.75 Å². The van der Waals surface area contributed by atoms with E-state index in [1.54, 1.807) is 13.4 Å². The highest BCUT2D eigenvalue weighted by Gasteiger charge is 1.96. The molecular weight excluding hydrogens is 140 g/mol. The van der Waals surface area contributed by atoms with Gasteiger partial charge in [0.15, 0.2) is 0 Å². The molecule has 1 heterocycles. The molecule has 0 saturated carbocycles. The van der Waals surface area contributed by atoms with Crippen LogP contribution in [0, 0.1) is 0 Å². The van der Waals surface area contributed by atoms with E-state index in [-0.39, 0.29) is 0 Å². The predicted octanol–water partition coefficient (Wildman–Crippen LogP) is 2.44. The molecule has 0 atom stereocenters. The van der Waals surface area contributed by atoms with E-state index in [0.29, 0.717) is 0 Å². The molecule has 0 aliphatic rings. The molecule has 0 N–H and O–H groups in total. The van der Waals surface area contributed by atoms with Gasteiger partial charge >= 0.3 is 0 Å². The Kier molecular flexibility index (Phi) is 1.32. The zero-order valence-electron chi connectivity index (χ0n) is 6.20. The van der Waals surface area contributed by atoms with Crippen LogP contribution >= 0.6 is 0 Å². The number of fused-ring (bicyclic) bond motifs is 1. The van der Waals surface area contributed by atoms with Gasteiger partial charge in [-0.1, -0.05) is 0 Å². The number of ether oxygens (including phenoxy) is 1. The topological polar surface area (TPSA) is 22.4 Å². The summed E-state index contributed by atoms with van der Waals surface area (Å²) >= 11 is 0. The van der Waals surface area contributed by atoms with Crippen LogP contribution in [-0.4, -0.2) is 7.11 Å². The summed E-state index contributed by atoms with van der Waals surface area (Å²) < 4.78 is 10.2. The van der Waals surface area contributed by atoms with Crippen LogP contribution in [0.1, 0.15) is 0 Å². The lowest BCUT2D eigenvalue weighted by molar-refractivity contribution is 0.414. The van der Waals surface area contributed by atoms with E-state index < -0.39 is 0 Å². The molecule has 0 aliphatic heterocycles. The number of hydrogen-bond donors (Lipinski definition) is 0.